The Kier molecular flexibility index (Phi) is 7.72. The number of ether oxygens (including phenoxy) is 2. The molecular formula is C27H18F6N2O7. The summed E-state index contributed by atoms with van der Waals surface area (Å²) in [5.41, 5.74) is -4.56. The number of ketones is 1. The van der Waals surface area contributed by atoms with Crippen LogP contribution in [-0.4, -0.2) is 29.8 Å². The van der Waals surface area contributed by atoms with Crippen LogP contribution in [0, 0.1) is 20.2 Å². The molecule has 0 unspecified atom stereocenters. The summed E-state index contributed by atoms with van der Waals surface area (Å²) in [7, 11) is 1.96. The van der Waals surface area contributed by atoms with Gasteiger partial charge in [0, 0.05) is 32.1 Å². The monoisotopic (exact) mass is 596 g/mol. The van der Waals surface area contributed by atoms with Crippen molar-refractivity contribution in [1.29, 1.82) is 0 Å². The van der Waals surface area contributed by atoms with Crippen LogP contribution in [0.25, 0.3) is 21.5 Å². The Morgan fingerprint density at radius 1 is 0.643 bits per heavy atom. The summed E-state index contributed by atoms with van der Waals surface area (Å²) in [5, 5.41) is 20.9. The fraction of sp³-hybridized carbons (Fsp3) is 0.222. The van der Waals surface area contributed by atoms with E-state index >= 15 is 0 Å². The average molecular weight is 596 g/mol. The molecule has 0 saturated heterocycles. The zero-order chi connectivity index (χ0) is 31.1. The van der Waals surface area contributed by atoms with E-state index in [4.69, 9.17) is 9.47 Å². The van der Waals surface area contributed by atoms with Gasteiger partial charge in [-0.25, -0.2) is 0 Å². The number of benzene rings is 4. The highest BCUT2D eigenvalue weighted by Crippen LogP contribution is 2.45. The summed E-state index contributed by atoms with van der Waals surface area (Å²) in [6, 6.07) is 7.60. The predicted octanol–water partition coefficient (Wildman–Crippen LogP) is 6.83. The fourth-order valence-corrected chi connectivity index (χ4v) is 4.99. The van der Waals surface area contributed by atoms with Crippen molar-refractivity contribution in [2.45, 2.75) is 25.4 Å². The van der Waals surface area contributed by atoms with Gasteiger partial charge in [-0.2, -0.15) is 26.3 Å². The normalized spacial score (nSPS) is 12.0. The number of carbonyl (C=O) groups is 1. The number of fused-ring (bicyclic) bond motifs is 2. The average Bonchev–Trinajstić information content (AvgIpc) is 2.89. The lowest BCUT2D eigenvalue weighted by molar-refractivity contribution is -0.496. The van der Waals surface area contributed by atoms with Crippen molar-refractivity contribution in [3.05, 3.63) is 102 Å². The molecule has 0 aliphatic rings. The molecule has 0 atom stereocenters. The molecular weight excluding hydrogens is 578 g/mol. The third kappa shape index (κ3) is 5.36. The minimum atomic E-state index is -5.01. The molecule has 15 heteroatoms. The van der Waals surface area contributed by atoms with Gasteiger partial charge in [0.05, 0.1) is 14.2 Å². The number of methoxy groups -OCH3 is 2. The van der Waals surface area contributed by atoms with E-state index in [2.05, 4.69) is 0 Å². The Labute approximate surface area is 231 Å². The largest absolute Gasteiger partial charge is 0.496 e. The van der Waals surface area contributed by atoms with Crippen LogP contribution in [0.5, 0.6) is 11.5 Å². The molecule has 220 valence electrons. The van der Waals surface area contributed by atoms with E-state index in [0.717, 1.165) is 62.8 Å². The third-order valence-corrected chi connectivity index (χ3v) is 6.56. The molecule has 0 radical (unpaired) electrons. The first kappa shape index (κ1) is 30.0. The van der Waals surface area contributed by atoms with Gasteiger partial charge in [-0.15, -0.1) is 0 Å². The number of alkyl halides is 6. The fourth-order valence-electron chi connectivity index (χ4n) is 4.99. The maximum atomic E-state index is 14.2. The van der Waals surface area contributed by atoms with Crippen molar-refractivity contribution in [3.8, 4) is 11.5 Å². The molecule has 4 aromatic carbocycles. The maximum absolute atomic E-state index is 14.2. The molecule has 0 spiro atoms. The van der Waals surface area contributed by atoms with Gasteiger partial charge < -0.3 is 9.47 Å². The number of hydrogen-bond donors (Lipinski definition) is 0. The van der Waals surface area contributed by atoms with E-state index < -0.39 is 96.4 Å². The molecule has 0 fully saturated rings. The van der Waals surface area contributed by atoms with Crippen molar-refractivity contribution in [2.75, 3.05) is 14.2 Å². The van der Waals surface area contributed by atoms with Crippen molar-refractivity contribution >= 4 is 27.3 Å². The molecule has 0 amide bonds. The molecule has 0 saturated carbocycles. The van der Waals surface area contributed by atoms with Gasteiger partial charge in [0.25, 0.3) is 0 Å². The smallest absolute Gasteiger partial charge is 0.420 e. The quantitative estimate of drug-likeness (QED) is 0.0946. The number of halogens is 6. The van der Waals surface area contributed by atoms with Gasteiger partial charge in [-0.1, -0.05) is 24.3 Å². The first-order chi connectivity index (χ1) is 19.6. The van der Waals surface area contributed by atoms with Crippen molar-refractivity contribution < 1.29 is 50.5 Å². The van der Waals surface area contributed by atoms with Crippen molar-refractivity contribution in [3.63, 3.8) is 0 Å². The summed E-state index contributed by atoms with van der Waals surface area (Å²) in [4.78, 5) is 35.5. The second kappa shape index (κ2) is 10.8. The van der Waals surface area contributed by atoms with Crippen molar-refractivity contribution in [2.24, 2.45) is 0 Å². The van der Waals surface area contributed by atoms with Gasteiger partial charge in [0.2, 0.25) is 13.1 Å². The Morgan fingerprint density at radius 3 is 1.26 bits per heavy atom. The summed E-state index contributed by atoms with van der Waals surface area (Å²) in [5.74, 6) is -2.47. The molecule has 0 heterocycles. The predicted molar refractivity (Wildman–Crippen MR) is 136 cm³/mol. The first-order valence-electron chi connectivity index (χ1n) is 11.8. The Hall–Kier alpha value is -4.95. The number of rotatable bonds is 8. The van der Waals surface area contributed by atoms with Gasteiger partial charge in [0.1, 0.15) is 22.6 Å². The van der Waals surface area contributed by atoms with Gasteiger partial charge in [-0.05, 0) is 45.8 Å². The molecule has 4 aromatic rings. The van der Waals surface area contributed by atoms with Crippen LogP contribution < -0.4 is 9.47 Å². The van der Waals surface area contributed by atoms with Gasteiger partial charge >= 0.3 is 12.4 Å². The SMILES string of the molecule is COc1ccc2c(C(=O)c3c(C[N+](=O)[O-])ccc4c(C(F)(F)F)c(OC)ccc34)c(C[N+](=O)[O-])ccc2c1C(F)(F)F. The Bertz CT molecular complexity index is 1640. The lowest BCUT2D eigenvalue weighted by Gasteiger charge is -2.20. The maximum Gasteiger partial charge on any atom is 0.420 e. The van der Waals surface area contributed by atoms with Crippen LogP contribution in [-0.2, 0) is 25.4 Å². The molecule has 0 aliphatic heterocycles. The lowest BCUT2D eigenvalue weighted by Crippen LogP contribution is -2.16. The van der Waals surface area contributed by atoms with E-state index in [1.165, 1.54) is 0 Å². The molecule has 9 nitrogen and oxygen atoms in total. The number of nitro groups is 2. The molecule has 0 N–H and O–H groups in total. The second-order valence-electron chi connectivity index (χ2n) is 8.98. The Balaban J connectivity index is 2.19. The molecule has 0 aliphatic carbocycles. The molecule has 0 aromatic heterocycles. The standard InChI is InChI=1S/C27H18F6N2O7/c1-41-19-9-7-15-17(23(19)26(28,29)30)5-3-13(11-34(37)38)21(15)25(36)22-14(12-35(39)40)4-6-18-16(22)8-10-20(42-2)24(18)27(31,32)33/h3-10H,11-12H2,1-2H3. The number of hydrogen-bond acceptors (Lipinski definition) is 7. The Morgan fingerprint density at radius 2 is 0.976 bits per heavy atom. The zero-order valence-electron chi connectivity index (χ0n) is 21.6. The summed E-state index contributed by atoms with van der Waals surface area (Å²) in [6.45, 7) is -2.08. The van der Waals surface area contributed by atoms with Crippen LogP contribution in [0.2, 0.25) is 0 Å². The third-order valence-electron chi connectivity index (χ3n) is 6.56. The van der Waals surface area contributed by atoms with E-state index in [0.29, 0.717) is 0 Å². The topological polar surface area (TPSA) is 122 Å². The lowest BCUT2D eigenvalue weighted by atomic mass is 9.86. The molecule has 4 rings (SSSR count). The number of nitrogens with zero attached hydrogens (tertiary/aromatic N) is 2. The molecule has 42 heavy (non-hydrogen) atoms. The van der Waals surface area contributed by atoms with Crippen LogP contribution in [0.15, 0.2) is 48.5 Å². The van der Waals surface area contributed by atoms with E-state index in [9.17, 15) is 51.4 Å². The summed E-state index contributed by atoms with van der Waals surface area (Å²) < 4.78 is 94.3. The van der Waals surface area contributed by atoms with E-state index in [1.54, 1.807) is 0 Å². The zero-order valence-corrected chi connectivity index (χ0v) is 21.6. The van der Waals surface area contributed by atoms with Gasteiger partial charge in [0.15, 0.2) is 5.78 Å². The number of carbonyl (C=O) groups excluding carboxylic acids is 1. The van der Waals surface area contributed by atoms with Crippen LogP contribution in [0.4, 0.5) is 26.3 Å². The highest BCUT2D eigenvalue weighted by molar-refractivity contribution is 6.23. The first-order valence-corrected chi connectivity index (χ1v) is 11.8. The van der Waals surface area contributed by atoms with Crippen LogP contribution in [0.3, 0.4) is 0 Å². The second-order valence-corrected chi connectivity index (χ2v) is 8.98. The minimum absolute atomic E-state index is 0.357. The highest BCUT2D eigenvalue weighted by Gasteiger charge is 2.39. The van der Waals surface area contributed by atoms with E-state index in [-0.39, 0.29) is 11.1 Å². The van der Waals surface area contributed by atoms with Crippen LogP contribution >= 0.6 is 0 Å². The summed E-state index contributed by atoms with van der Waals surface area (Å²) >= 11 is 0. The van der Waals surface area contributed by atoms with Crippen molar-refractivity contribution in [1.82, 2.24) is 0 Å². The molecule has 0 bridgehead atoms. The van der Waals surface area contributed by atoms with Gasteiger partial charge in [-0.3, -0.25) is 25.0 Å². The van der Waals surface area contributed by atoms with E-state index in [1.807, 2.05) is 0 Å². The highest BCUT2D eigenvalue weighted by atomic mass is 19.4. The minimum Gasteiger partial charge on any atom is -0.496 e. The summed E-state index contributed by atoms with van der Waals surface area (Å²) in [6.07, 6.45) is -10.0. The van der Waals surface area contributed by atoms with Crippen LogP contribution in [0.1, 0.15) is 38.2 Å².